The van der Waals surface area contributed by atoms with Gasteiger partial charge in [0.15, 0.2) is 11.3 Å². The lowest BCUT2D eigenvalue weighted by atomic mass is 10.1. The van der Waals surface area contributed by atoms with Crippen LogP contribution in [0.25, 0.3) is 11.0 Å². The van der Waals surface area contributed by atoms with Crippen molar-refractivity contribution in [2.75, 3.05) is 12.4 Å². The number of hydrogen-bond acceptors (Lipinski definition) is 5. The molecule has 8 heteroatoms. The number of alkyl halides is 2. The first-order valence-electron chi connectivity index (χ1n) is 7.45. The molecule has 0 aliphatic carbocycles. The molecule has 1 aromatic heterocycles. The van der Waals surface area contributed by atoms with E-state index in [1.165, 1.54) is 37.4 Å². The van der Waals surface area contributed by atoms with E-state index >= 15 is 0 Å². The molecular formula is C18H13F2NO5. The van der Waals surface area contributed by atoms with Crippen LogP contribution < -0.4 is 20.4 Å². The molecule has 0 fully saturated rings. The van der Waals surface area contributed by atoms with Crippen LogP contribution in [0.15, 0.2) is 57.7 Å². The number of ether oxygens (including phenoxy) is 2. The first kappa shape index (κ1) is 17.4. The zero-order chi connectivity index (χ0) is 18.7. The van der Waals surface area contributed by atoms with Crippen LogP contribution in [0.5, 0.6) is 11.5 Å². The van der Waals surface area contributed by atoms with E-state index in [1.54, 1.807) is 18.2 Å². The molecule has 1 amide bonds. The molecule has 0 radical (unpaired) electrons. The second-order valence-corrected chi connectivity index (χ2v) is 5.15. The summed E-state index contributed by atoms with van der Waals surface area (Å²) in [4.78, 5) is 24.6. The van der Waals surface area contributed by atoms with Crippen LogP contribution >= 0.6 is 0 Å². The molecule has 0 unspecified atom stereocenters. The molecule has 0 spiro atoms. The van der Waals surface area contributed by atoms with E-state index < -0.39 is 18.1 Å². The van der Waals surface area contributed by atoms with Gasteiger partial charge in [0, 0.05) is 5.39 Å². The molecule has 0 saturated carbocycles. The molecule has 2 aromatic carbocycles. The van der Waals surface area contributed by atoms with Crippen LogP contribution in [0.2, 0.25) is 0 Å². The summed E-state index contributed by atoms with van der Waals surface area (Å²) < 4.78 is 39.6. The molecule has 0 atom stereocenters. The second-order valence-electron chi connectivity index (χ2n) is 5.15. The van der Waals surface area contributed by atoms with E-state index in [0.717, 1.165) is 0 Å². The monoisotopic (exact) mass is 361 g/mol. The summed E-state index contributed by atoms with van der Waals surface area (Å²) in [5.41, 5.74) is -0.953. The van der Waals surface area contributed by atoms with Crippen molar-refractivity contribution in [3.8, 4) is 11.5 Å². The largest absolute Gasteiger partial charge is 0.493 e. The Labute approximate surface area is 146 Å². The van der Waals surface area contributed by atoms with Crippen molar-refractivity contribution >= 4 is 22.6 Å². The van der Waals surface area contributed by atoms with Gasteiger partial charge in [0.1, 0.15) is 11.3 Å². The SMILES string of the molecule is COc1cccc2cc(C(=O)Nc3ccccc3OC(F)F)c(=O)oc12. The van der Waals surface area contributed by atoms with Gasteiger partial charge in [-0.25, -0.2) is 4.79 Å². The number of nitrogens with one attached hydrogen (secondary N) is 1. The van der Waals surface area contributed by atoms with Crippen molar-refractivity contribution in [2.45, 2.75) is 6.61 Å². The van der Waals surface area contributed by atoms with Gasteiger partial charge < -0.3 is 19.2 Å². The van der Waals surface area contributed by atoms with Gasteiger partial charge in [-0.2, -0.15) is 8.78 Å². The molecule has 3 rings (SSSR count). The van der Waals surface area contributed by atoms with E-state index in [0.29, 0.717) is 11.1 Å². The first-order valence-corrected chi connectivity index (χ1v) is 7.45. The Balaban J connectivity index is 1.96. The number of benzene rings is 2. The lowest BCUT2D eigenvalue weighted by Crippen LogP contribution is -2.21. The summed E-state index contributed by atoms with van der Waals surface area (Å²) in [5.74, 6) is -0.682. The maximum Gasteiger partial charge on any atom is 0.387 e. The summed E-state index contributed by atoms with van der Waals surface area (Å²) in [6.07, 6.45) is 0. The predicted octanol–water partition coefficient (Wildman–Crippen LogP) is 3.66. The highest BCUT2D eigenvalue weighted by molar-refractivity contribution is 6.06. The number of amides is 1. The molecule has 0 saturated heterocycles. The molecule has 0 aliphatic heterocycles. The van der Waals surface area contributed by atoms with Crippen molar-refractivity contribution in [2.24, 2.45) is 0 Å². The zero-order valence-corrected chi connectivity index (χ0v) is 13.5. The highest BCUT2D eigenvalue weighted by Gasteiger charge is 2.18. The van der Waals surface area contributed by atoms with E-state index in [9.17, 15) is 18.4 Å². The average Bonchev–Trinajstić information content (AvgIpc) is 2.61. The maximum atomic E-state index is 12.5. The lowest BCUT2D eigenvalue weighted by molar-refractivity contribution is -0.0493. The molecule has 0 aliphatic rings. The van der Waals surface area contributed by atoms with Crippen molar-refractivity contribution in [1.29, 1.82) is 0 Å². The van der Waals surface area contributed by atoms with Gasteiger partial charge in [-0.1, -0.05) is 24.3 Å². The Morgan fingerprint density at radius 1 is 1.12 bits per heavy atom. The van der Waals surface area contributed by atoms with Crippen LogP contribution in [-0.4, -0.2) is 19.6 Å². The lowest BCUT2D eigenvalue weighted by Gasteiger charge is -2.11. The number of fused-ring (bicyclic) bond motifs is 1. The van der Waals surface area contributed by atoms with Gasteiger partial charge in [-0.3, -0.25) is 4.79 Å². The summed E-state index contributed by atoms with van der Waals surface area (Å²) in [6, 6.07) is 11.9. The molecule has 6 nitrogen and oxygen atoms in total. The summed E-state index contributed by atoms with van der Waals surface area (Å²) >= 11 is 0. The summed E-state index contributed by atoms with van der Waals surface area (Å²) in [5, 5.41) is 2.86. The van der Waals surface area contributed by atoms with Crippen molar-refractivity contribution < 1.29 is 27.5 Å². The molecule has 1 heterocycles. The Kier molecular flexibility index (Phi) is 4.83. The van der Waals surface area contributed by atoms with Crippen molar-refractivity contribution in [3.63, 3.8) is 0 Å². The molecule has 0 bridgehead atoms. The Morgan fingerprint density at radius 2 is 1.85 bits per heavy atom. The van der Waals surface area contributed by atoms with Crippen molar-refractivity contribution in [1.82, 2.24) is 0 Å². The van der Waals surface area contributed by atoms with Crippen LogP contribution in [0.1, 0.15) is 10.4 Å². The standard InChI is InChI=1S/C18H13F2NO5/c1-24-14-8-4-5-10-9-11(17(23)26-15(10)14)16(22)21-12-6-2-3-7-13(12)25-18(19)20/h2-9,18H,1H3,(H,21,22). The van der Waals surface area contributed by atoms with E-state index in [4.69, 9.17) is 9.15 Å². The maximum absolute atomic E-state index is 12.5. The fourth-order valence-corrected chi connectivity index (χ4v) is 2.40. The average molecular weight is 361 g/mol. The topological polar surface area (TPSA) is 77.8 Å². The number of para-hydroxylation sites is 3. The fraction of sp³-hybridized carbons (Fsp3) is 0.111. The van der Waals surface area contributed by atoms with Gasteiger partial charge in [0.25, 0.3) is 5.91 Å². The molecule has 26 heavy (non-hydrogen) atoms. The first-order chi connectivity index (χ1) is 12.5. The number of methoxy groups -OCH3 is 1. The van der Waals surface area contributed by atoms with Crippen LogP contribution in [0.4, 0.5) is 14.5 Å². The molecule has 3 aromatic rings. The third-order valence-electron chi connectivity index (χ3n) is 3.54. The quantitative estimate of drug-likeness (QED) is 0.702. The van der Waals surface area contributed by atoms with Crippen LogP contribution in [0.3, 0.4) is 0 Å². The fourth-order valence-electron chi connectivity index (χ4n) is 2.40. The number of halogens is 2. The van der Waals surface area contributed by atoms with E-state index in [1.807, 2.05) is 0 Å². The number of anilines is 1. The van der Waals surface area contributed by atoms with E-state index in [-0.39, 0.29) is 22.6 Å². The molecule has 1 N–H and O–H groups in total. The molecule has 134 valence electrons. The number of carbonyl (C=O) groups is 1. The third-order valence-corrected chi connectivity index (χ3v) is 3.54. The van der Waals surface area contributed by atoms with Crippen molar-refractivity contribution in [3.05, 3.63) is 64.5 Å². The predicted molar refractivity (Wildman–Crippen MR) is 90.1 cm³/mol. The normalized spacial score (nSPS) is 10.8. The van der Waals surface area contributed by atoms with Gasteiger partial charge in [0.2, 0.25) is 0 Å². The Hall–Kier alpha value is -3.42. The number of hydrogen-bond donors (Lipinski definition) is 1. The summed E-state index contributed by atoms with van der Waals surface area (Å²) in [6.45, 7) is -3.05. The number of rotatable bonds is 5. The molecular weight excluding hydrogens is 348 g/mol. The highest BCUT2D eigenvalue weighted by Crippen LogP contribution is 2.27. The third kappa shape index (κ3) is 3.49. The Morgan fingerprint density at radius 3 is 2.58 bits per heavy atom. The second kappa shape index (κ2) is 7.22. The smallest absolute Gasteiger partial charge is 0.387 e. The van der Waals surface area contributed by atoms with Crippen LogP contribution in [-0.2, 0) is 0 Å². The van der Waals surface area contributed by atoms with Gasteiger partial charge in [0.05, 0.1) is 12.8 Å². The highest BCUT2D eigenvalue weighted by atomic mass is 19.3. The van der Waals surface area contributed by atoms with Crippen LogP contribution in [0, 0.1) is 0 Å². The minimum absolute atomic E-state index is 0.00272. The Bertz CT molecular complexity index is 1020. The zero-order valence-electron chi connectivity index (χ0n) is 13.5. The minimum atomic E-state index is -3.05. The summed E-state index contributed by atoms with van der Waals surface area (Å²) in [7, 11) is 1.43. The van der Waals surface area contributed by atoms with Gasteiger partial charge >= 0.3 is 12.2 Å². The van der Waals surface area contributed by atoms with Gasteiger partial charge in [-0.05, 0) is 24.3 Å². The minimum Gasteiger partial charge on any atom is -0.493 e. The number of carbonyl (C=O) groups excluding carboxylic acids is 1. The van der Waals surface area contributed by atoms with E-state index in [2.05, 4.69) is 10.1 Å². The van der Waals surface area contributed by atoms with Gasteiger partial charge in [-0.15, -0.1) is 0 Å².